The number of piperidine rings is 1. The fraction of sp³-hybridized carbons (Fsp3) is 0.632. The highest BCUT2D eigenvalue weighted by atomic mass is 16.5. The minimum absolute atomic E-state index is 0.164. The zero-order valence-corrected chi connectivity index (χ0v) is 14.7. The maximum Gasteiger partial charge on any atom is 0.220 e. The van der Waals surface area contributed by atoms with Crippen molar-refractivity contribution in [3.05, 3.63) is 29.3 Å². The Morgan fingerprint density at radius 2 is 2.17 bits per heavy atom. The molecule has 1 aliphatic rings. The molecule has 2 N–H and O–H groups in total. The molecule has 1 aliphatic heterocycles. The van der Waals surface area contributed by atoms with Gasteiger partial charge in [0, 0.05) is 18.5 Å². The fourth-order valence-corrected chi connectivity index (χ4v) is 2.95. The molecule has 0 spiro atoms. The molecule has 0 bridgehead atoms. The maximum absolute atomic E-state index is 12.0. The number of hydrogen-bond acceptors (Lipinski definition) is 3. The summed E-state index contributed by atoms with van der Waals surface area (Å²) in [4.78, 5) is 12.0. The zero-order chi connectivity index (χ0) is 16.7. The quantitative estimate of drug-likeness (QED) is 0.760. The molecule has 2 unspecified atom stereocenters. The van der Waals surface area contributed by atoms with E-state index in [1.807, 2.05) is 0 Å². The van der Waals surface area contributed by atoms with Gasteiger partial charge in [0.05, 0.1) is 6.61 Å². The minimum Gasteiger partial charge on any atom is -0.493 e. The molecule has 1 saturated heterocycles. The van der Waals surface area contributed by atoms with Crippen LogP contribution < -0.4 is 15.4 Å². The highest BCUT2D eigenvalue weighted by molar-refractivity contribution is 5.76. The summed E-state index contributed by atoms with van der Waals surface area (Å²) in [5.41, 5.74) is 2.37. The van der Waals surface area contributed by atoms with Crippen LogP contribution in [0.1, 0.15) is 50.2 Å². The number of unbranched alkanes of at least 4 members (excludes halogenated alkanes) is 1. The van der Waals surface area contributed by atoms with Gasteiger partial charge in [0.25, 0.3) is 0 Å². The number of nitrogens with one attached hydrogen (secondary N) is 2. The van der Waals surface area contributed by atoms with Crippen LogP contribution >= 0.6 is 0 Å². The van der Waals surface area contributed by atoms with Gasteiger partial charge in [0.1, 0.15) is 5.75 Å². The van der Waals surface area contributed by atoms with Crippen LogP contribution in [0.25, 0.3) is 0 Å². The minimum atomic E-state index is 0.164. The molecule has 1 aromatic rings. The van der Waals surface area contributed by atoms with Crippen molar-refractivity contribution in [3.8, 4) is 5.75 Å². The van der Waals surface area contributed by atoms with Crippen molar-refractivity contribution in [1.82, 2.24) is 10.6 Å². The predicted molar refractivity (Wildman–Crippen MR) is 93.9 cm³/mol. The van der Waals surface area contributed by atoms with Crippen molar-refractivity contribution in [3.63, 3.8) is 0 Å². The number of carbonyl (C=O) groups excluding carboxylic acids is 1. The number of aryl methyl sites for hydroxylation is 2. The van der Waals surface area contributed by atoms with Gasteiger partial charge >= 0.3 is 0 Å². The summed E-state index contributed by atoms with van der Waals surface area (Å²) in [7, 11) is 0. The van der Waals surface area contributed by atoms with Gasteiger partial charge < -0.3 is 15.4 Å². The molecule has 1 amide bonds. The van der Waals surface area contributed by atoms with Crippen LogP contribution in [0.15, 0.2) is 18.2 Å². The van der Waals surface area contributed by atoms with E-state index in [1.165, 1.54) is 5.56 Å². The Morgan fingerprint density at radius 1 is 1.35 bits per heavy atom. The second-order valence-electron chi connectivity index (χ2n) is 6.63. The van der Waals surface area contributed by atoms with Gasteiger partial charge in [0.2, 0.25) is 5.91 Å². The molecule has 0 aromatic heterocycles. The van der Waals surface area contributed by atoms with Gasteiger partial charge in [0.15, 0.2) is 0 Å². The molecule has 23 heavy (non-hydrogen) atoms. The highest BCUT2D eigenvalue weighted by Gasteiger charge is 2.21. The molecule has 1 fully saturated rings. The van der Waals surface area contributed by atoms with E-state index in [9.17, 15) is 4.79 Å². The molecule has 2 rings (SSSR count). The van der Waals surface area contributed by atoms with Crippen LogP contribution in [-0.2, 0) is 4.79 Å². The number of hydrogen-bond donors (Lipinski definition) is 2. The summed E-state index contributed by atoms with van der Waals surface area (Å²) in [6.45, 7) is 7.99. The molecule has 4 nitrogen and oxygen atoms in total. The second kappa shape index (κ2) is 8.92. The van der Waals surface area contributed by atoms with Crippen molar-refractivity contribution < 1.29 is 9.53 Å². The Morgan fingerprint density at radius 3 is 2.96 bits per heavy atom. The van der Waals surface area contributed by atoms with Crippen LogP contribution in [0.4, 0.5) is 0 Å². The normalized spacial score (nSPS) is 21.0. The lowest BCUT2D eigenvalue weighted by Crippen LogP contribution is -2.51. The SMILES string of the molecule is Cc1ccc(C)c(OCCCCC(=O)NC2CCCNC2C)c1. The van der Waals surface area contributed by atoms with Crippen LogP contribution in [0.2, 0.25) is 0 Å². The molecule has 1 heterocycles. The summed E-state index contributed by atoms with van der Waals surface area (Å²) >= 11 is 0. The third-order valence-corrected chi connectivity index (χ3v) is 4.51. The zero-order valence-electron chi connectivity index (χ0n) is 14.7. The maximum atomic E-state index is 12.0. The molecule has 2 atom stereocenters. The van der Waals surface area contributed by atoms with Crippen molar-refractivity contribution in [2.24, 2.45) is 0 Å². The lowest BCUT2D eigenvalue weighted by molar-refractivity contribution is -0.122. The Labute approximate surface area is 140 Å². The van der Waals surface area contributed by atoms with E-state index in [0.29, 0.717) is 19.1 Å². The van der Waals surface area contributed by atoms with Gasteiger partial charge in [-0.25, -0.2) is 0 Å². The molecule has 128 valence electrons. The Balaban J connectivity index is 1.61. The van der Waals surface area contributed by atoms with Crippen LogP contribution in [-0.4, -0.2) is 31.1 Å². The van der Waals surface area contributed by atoms with Crippen LogP contribution in [0.3, 0.4) is 0 Å². The standard InChI is InChI=1S/C19H30N2O2/c1-14-9-10-15(2)18(13-14)23-12-5-4-8-19(22)21-17-7-6-11-20-16(17)3/h9-10,13,16-17,20H,4-8,11-12H2,1-3H3,(H,21,22). The number of benzene rings is 1. The van der Waals surface area contributed by atoms with Crippen LogP contribution in [0, 0.1) is 13.8 Å². The van der Waals surface area contributed by atoms with Gasteiger partial charge in [-0.3, -0.25) is 4.79 Å². The molecule has 0 radical (unpaired) electrons. The third kappa shape index (κ3) is 5.87. The predicted octanol–water partition coefficient (Wildman–Crippen LogP) is 3.11. The molecular formula is C19H30N2O2. The molecule has 0 saturated carbocycles. The van der Waals surface area contributed by atoms with E-state index in [4.69, 9.17) is 4.74 Å². The summed E-state index contributed by atoms with van der Waals surface area (Å²) < 4.78 is 5.82. The first-order chi connectivity index (χ1) is 11.1. The largest absolute Gasteiger partial charge is 0.493 e. The van der Waals surface area contributed by atoms with Crippen molar-refractivity contribution in [1.29, 1.82) is 0 Å². The summed E-state index contributed by atoms with van der Waals surface area (Å²) in [5, 5.41) is 6.56. The lowest BCUT2D eigenvalue weighted by atomic mass is 9.99. The van der Waals surface area contributed by atoms with Crippen molar-refractivity contribution >= 4 is 5.91 Å². The number of amides is 1. The average Bonchev–Trinajstić information content (AvgIpc) is 2.52. The fourth-order valence-electron chi connectivity index (χ4n) is 2.95. The summed E-state index contributed by atoms with van der Waals surface area (Å²) in [5.74, 6) is 1.12. The van der Waals surface area contributed by atoms with E-state index in [1.54, 1.807) is 0 Å². The summed E-state index contributed by atoms with van der Waals surface area (Å²) in [6, 6.07) is 6.90. The monoisotopic (exact) mass is 318 g/mol. The Bertz CT molecular complexity index is 516. The van der Waals surface area contributed by atoms with E-state index >= 15 is 0 Å². The first-order valence-corrected chi connectivity index (χ1v) is 8.79. The molecule has 0 aliphatic carbocycles. The lowest BCUT2D eigenvalue weighted by Gasteiger charge is -2.30. The smallest absolute Gasteiger partial charge is 0.220 e. The molecule has 1 aromatic carbocycles. The van der Waals surface area contributed by atoms with E-state index in [-0.39, 0.29) is 11.9 Å². The number of carbonyl (C=O) groups is 1. The van der Waals surface area contributed by atoms with Gasteiger partial charge in [-0.2, -0.15) is 0 Å². The first-order valence-electron chi connectivity index (χ1n) is 8.79. The number of rotatable bonds is 7. The highest BCUT2D eigenvalue weighted by Crippen LogP contribution is 2.19. The second-order valence-corrected chi connectivity index (χ2v) is 6.63. The van der Waals surface area contributed by atoms with Gasteiger partial charge in [-0.1, -0.05) is 12.1 Å². The third-order valence-electron chi connectivity index (χ3n) is 4.51. The summed E-state index contributed by atoms with van der Waals surface area (Å²) in [6.07, 6.45) is 4.57. The average molecular weight is 318 g/mol. The van der Waals surface area contributed by atoms with Crippen molar-refractivity contribution in [2.75, 3.05) is 13.2 Å². The topological polar surface area (TPSA) is 50.4 Å². The van der Waals surface area contributed by atoms with E-state index in [0.717, 1.165) is 43.5 Å². The van der Waals surface area contributed by atoms with Crippen molar-refractivity contribution in [2.45, 2.75) is 65.0 Å². The first kappa shape index (κ1) is 17.8. The van der Waals surface area contributed by atoms with Crippen LogP contribution in [0.5, 0.6) is 5.75 Å². The van der Waals surface area contributed by atoms with Gasteiger partial charge in [-0.05, 0) is 70.2 Å². The molecule has 4 heteroatoms. The Hall–Kier alpha value is -1.55. The Kier molecular flexibility index (Phi) is 6.90. The van der Waals surface area contributed by atoms with Gasteiger partial charge in [-0.15, -0.1) is 0 Å². The van der Waals surface area contributed by atoms with E-state index in [2.05, 4.69) is 49.6 Å². The molecular weight excluding hydrogens is 288 g/mol. The van der Waals surface area contributed by atoms with E-state index < -0.39 is 0 Å². The number of ether oxygens (including phenoxy) is 1.